The first-order valence-electron chi connectivity index (χ1n) is 5.41. The number of hydrogen-bond donors (Lipinski definition) is 4. The molecule has 0 unspecified atom stereocenters. The number of H-pyrrole nitrogens is 1. The van der Waals surface area contributed by atoms with Gasteiger partial charge in [0, 0.05) is 31.5 Å². The molecule has 90 valence electrons. The Morgan fingerprint density at radius 3 is 2.76 bits per heavy atom. The van der Waals surface area contributed by atoms with Crippen LogP contribution in [-0.4, -0.2) is 33.2 Å². The van der Waals surface area contributed by atoms with E-state index in [0.717, 1.165) is 11.4 Å². The summed E-state index contributed by atoms with van der Waals surface area (Å²) < 4.78 is 0. The Morgan fingerprint density at radius 2 is 2.06 bits per heavy atom. The van der Waals surface area contributed by atoms with Crippen molar-refractivity contribution in [2.75, 3.05) is 23.8 Å². The SMILES string of the molecule is OCCNc1cc(NCc2cc[nH]c2)ncn1. The maximum atomic E-state index is 8.70. The average Bonchev–Trinajstić information content (AvgIpc) is 2.87. The van der Waals surface area contributed by atoms with Crippen molar-refractivity contribution in [3.8, 4) is 0 Å². The molecule has 2 aromatic heterocycles. The van der Waals surface area contributed by atoms with Crippen LogP contribution in [-0.2, 0) is 6.54 Å². The van der Waals surface area contributed by atoms with Crippen LogP contribution in [0.5, 0.6) is 0 Å². The van der Waals surface area contributed by atoms with Gasteiger partial charge in [-0.3, -0.25) is 0 Å². The van der Waals surface area contributed by atoms with Crippen LogP contribution in [0.25, 0.3) is 0 Å². The number of aliphatic hydroxyl groups is 1. The summed E-state index contributed by atoms with van der Waals surface area (Å²) in [7, 11) is 0. The summed E-state index contributed by atoms with van der Waals surface area (Å²) in [4.78, 5) is 11.1. The topological polar surface area (TPSA) is 85.9 Å². The summed E-state index contributed by atoms with van der Waals surface area (Å²) in [6.07, 6.45) is 5.30. The molecule has 0 aliphatic carbocycles. The third kappa shape index (κ3) is 3.46. The molecule has 0 aliphatic rings. The van der Waals surface area contributed by atoms with E-state index in [4.69, 9.17) is 5.11 Å². The third-order valence-electron chi connectivity index (χ3n) is 2.22. The molecule has 6 heteroatoms. The maximum absolute atomic E-state index is 8.70. The van der Waals surface area contributed by atoms with E-state index in [2.05, 4.69) is 25.6 Å². The van der Waals surface area contributed by atoms with Gasteiger partial charge in [-0.2, -0.15) is 0 Å². The zero-order chi connectivity index (χ0) is 11.9. The van der Waals surface area contributed by atoms with Gasteiger partial charge in [0.25, 0.3) is 0 Å². The minimum atomic E-state index is 0.0795. The van der Waals surface area contributed by atoms with Gasteiger partial charge in [-0.25, -0.2) is 9.97 Å². The van der Waals surface area contributed by atoms with Crippen molar-refractivity contribution in [1.29, 1.82) is 0 Å². The fourth-order valence-corrected chi connectivity index (χ4v) is 1.40. The predicted octanol–water partition coefficient (Wildman–Crippen LogP) is 0.821. The first-order chi connectivity index (χ1) is 8.38. The highest BCUT2D eigenvalue weighted by atomic mass is 16.3. The van der Waals surface area contributed by atoms with Gasteiger partial charge in [0.05, 0.1) is 6.61 Å². The predicted molar refractivity (Wildman–Crippen MR) is 65.7 cm³/mol. The molecule has 2 rings (SSSR count). The molecule has 0 amide bonds. The van der Waals surface area contributed by atoms with E-state index < -0.39 is 0 Å². The fraction of sp³-hybridized carbons (Fsp3) is 0.273. The van der Waals surface area contributed by atoms with Gasteiger partial charge in [-0.1, -0.05) is 0 Å². The summed E-state index contributed by atoms with van der Waals surface area (Å²) >= 11 is 0. The molecular weight excluding hydrogens is 218 g/mol. The quantitative estimate of drug-likeness (QED) is 0.593. The molecule has 2 heterocycles. The van der Waals surface area contributed by atoms with E-state index in [1.807, 2.05) is 24.5 Å². The second kappa shape index (κ2) is 5.86. The van der Waals surface area contributed by atoms with E-state index in [1.165, 1.54) is 6.33 Å². The van der Waals surface area contributed by atoms with Crippen LogP contribution in [0.1, 0.15) is 5.56 Å². The van der Waals surface area contributed by atoms with Crippen molar-refractivity contribution in [3.05, 3.63) is 36.4 Å². The summed E-state index contributed by atoms with van der Waals surface area (Å²) in [5.74, 6) is 1.45. The molecule has 2 aromatic rings. The summed E-state index contributed by atoms with van der Waals surface area (Å²) in [5, 5.41) is 14.9. The van der Waals surface area contributed by atoms with Crippen LogP contribution in [0.4, 0.5) is 11.6 Å². The standard InChI is InChI=1S/C11H15N5O/c17-4-3-13-10-5-11(16-8-15-10)14-7-9-1-2-12-6-9/h1-2,5-6,8,12,17H,3-4,7H2,(H2,13,14,15,16). The number of nitrogens with one attached hydrogen (secondary N) is 3. The molecule has 0 atom stereocenters. The van der Waals surface area contributed by atoms with E-state index in [0.29, 0.717) is 18.9 Å². The van der Waals surface area contributed by atoms with Crippen molar-refractivity contribution in [2.24, 2.45) is 0 Å². The highest BCUT2D eigenvalue weighted by Gasteiger charge is 1.98. The molecule has 0 saturated carbocycles. The van der Waals surface area contributed by atoms with Crippen molar-refractivity contribution in [2.45, 2.75) is 6.54 Å². The van der Waals surface area contributed by atoms with Crippen LogP contribution >= 0.6 is 0 Å². The van der Waals surface area contributed by atoms with Crippen molar-refractivity contribution >= 4 is 11.6 Å². The van der Waals surface area contributed by atoms with Crippen LogP contribution < -0.4 is 10.6 Å². The highest BCUT2D eigenvalue weighted by Crippen LogP contribution is 2.09. The summed E-state index contributed by atoms with van der Waals surface area (Å²) in [6, 6.07) is 3.81. The fourth-order valence-electron chi connectivity index (χ4n) is 1.40. The lowest BCUT2D eigenvalue weighted by Gasteiger charge is -2.06. The molecule has 0 spiro atoms. The van der Waals surface area contributed by atoms with Gasteiger partial charge >= 0.3 is 0 Å². The first kappa shape index (κ1) is 11.4. The maximum Gasteiger partial charge on any atom is 0.131 e. The Kier molecular flexibility index (Phi) is 3.93. The Bertz CT molecular complexity index is 443. The lowest BCUT2D eigenvalue weighted by molar-refractivity contribution is 0.311. The second-order valence-corrected chi connectivity index (χ2v) is 3.51. The number of aromatic amines is 1. The first-order valence-corrected chi connectivity index (χ1v) is 5.41. The second-order valence-electron chi connectivity index (χ2n) is 3.51. The molecule has 0 bridgehead atoms. The number of aliphatic hydroxyl groups excluding tert-OH is 1. The summed E-state index contributed by atoms with van der Waals surface area (Å²) in [5.41, 5.74) is 1.16. The van der Waals surface area contributed by atoms with Crippen molar-refractivity contribution in [3.63, 3.8) is 0 Å². The smallest absolute Gasteiger partial charge is 0.131 e. The largest absolute Gasteiger partial charge is 0.395 e. The highest BCUT2D eigenvalue weighted by molar-refractivity contribution is 5.46. The molecule has 0 saturated heterocycles. The van der Waals surface area contributed by atoms with Crippen LogP contribution in [0, 0.1) is 0 Å². The normalized spacial score (nSPS) is 10.2. The monoisotopic (exact) mass is 233 g/mol. The molecule has 0 aromatic carbocycles. The van der Waals surface area contributed by atoms with Gasteiger partial charge in [-0.05, 0) is 11.6 Å². The molecule has 0 radical (unpaired) electrons. The van der Waals surface area contributed by atoms with E-state index in [1.54, 1.807) is 0 Å². The molecule has 17 heavy (non-hydrogen) atoms. The van der Waals surface area contributed by atoms with E-state index in [-0.39, 0.29) is 6.61 Å². The molecule has 4 N–H and O–H groups in total. The third-order valence-corrected chi connectivity index (χ3v) is 2.22. The van der Waals surface area contributed by atoms with Gasteiger partial charge in [0.15, 0.2) is 0 Å². The lowest BCUT2D eigenvalue weighted by Crippen LogP contribution is -2.08. The zero-order valence-corrected chi connectivity index (χ0v) is 9.35. The Labute approximate surface area is 99.1 Å². The zero-order valence-electron chi connectivity index (χ0n) is 9.35. The van der Waals surface area contributed by atoms with E-state index in [9.17, 15) is 0 Å². The number of rotatable bonds is 6. The average molecular weight is 233 g/mol. The number of hydrogen-bond acceptors (Lipinski definition) is 5. The van der Waals surface area contributed by atoms with Crippen molar-refractivity contribution < 1.29 is 5.11 Å². The van der Waals surface area contributed by atoms with Crippen molar-refractivity contribution in [1.82, 2.24) is 15.0 Å². The van der Waals surface area contributed by atoms with Crippen LogP contribution in [0.15, 0.2) is 30.9 Å². The molecular formula is C11H15N5O. The van der Waals surface area contributed by atoms with E-state index >= 15 is 0 Å². The molecule has 0 aliphatic heterocycles. The van der Waals surface area contributed by atoms with Gasteiger partial charge in [0.1, 0.15) is 18.0 Å². The lowest BCUT2D eigenvalue weighted by atomic mass is 10.3. The van der Waals surface area contributed by atoms with Gasteiger partial charge in [0.2, 0.25) is 0 Å². The number of aromatic nitrogens is 3. The number of anilines is 2. The minimum Gasteiger partial charge on any atom is -0.395 e. The van der Waals surface area contributed by atoms with Gasteiger partial charge in [-0.15, -0.1) is 0 Å². The van der Waals surface area contributed by atoms with Crippen LogP contribution in [0.3, 0.4) is 0 Å². The summed E-state index contributed by atoms with van der Waals surface area (Å²) in [6.45, 7) is 1.27. The minimum absolute atomic E-state index is 0.0795. The molecule has 0 fully saturated rings. The van der Waals surface area contributed by atoms with Crippen LogP contribution in [0.2, 0.25) is 0 Å². The Balaban J connectivity index is 1.91. The number of nitrogens with zero attached hydrogens (tertiary/aromatic N) is 2. The Hall–Kier alpha value is -2.08. The molecule has 6 nitrogen and oxygen atoms in total. The Morgan fingerprint density at radius 1 is 1.24 bits per heavy atom. The van der Waals surface area contributed by atoms with Gasteiger partial charge < -0.3 is 20.7 Å².